The predicted octanol–water partition coefficient (Wildman–Crippen LogP) is 4.20. The Labute approximate surface area is 136 Å². The summed E-state index contributed by atoms with van der Waals surface area (Å²) in [5.74, 6) is 5.75. The SMILES string of the molecule is NNC(c1ccc(Br)c(Cl)c1)c1ccc2ncccc2c1. The van der Waals surface area contributed by atoms with Gasteiger partial charge in [-0.1, -0.05) is 29.8 Å². The normalized spacial score (nSPS) is 12.5. The number of halogens is 2. The fourth-order valence-electron chi connectivity index (χ4n) is 2.35. The highest BCUT2D eigenvalue weighted by Crippen LogP contribution is 2.29. The maximum atomic E-state index is 6.17. The van der Waals surface area contributed by atoms with E-state index in [1.54, 1.807) is 6.20 Å². The van der Waals surface area contributed by atoms with Gasteiger partial charge in [0.05, 0.1) is 16.6 Å². The molecule has 0 aliphatic rings. The van der Waals surface area contributed by atoms with Crippen LogP contribution in [0.1, 0.15) is 17.2 Å². The first-order valence-electron chi connectivity index (χ1n) is 6.45. The molecule has 3 aromatic rings. The lowest BCUT2D eigenvalue weighted by molar-refractivity contribution is 0.637. The predicted molar refractivity (Wildman–Crippen MR) is 90.1 cm³/mol. The molecule has 3 nitrogen and oxygen atoms in total. The molecule has 1 heterocycles. The molecule has 0 saturated carbocycles. The maximum absolute atomic E-state index is 6.17. The van der Waals surface area contributed by atoms with Gasteiger partial charge >= 0.3 is 0 Å². The minimum atomic E-state index is -0.125. The molecule has 3 N–H and O–H groups in total. The highest BCUT2D eigenvalue weighted by atomic mass is 79.9. The molecule has 0 radical (unpaired) electrons. The molecule has 0 spiro atoms. The number of hydrogen-bond acceptors (Lipinski definition) is 3. The van der Waals surface area contributed by atoms with Gasteiger partial charge in [0.15, 0.2) is 0 Å². The molecule has 0 saturated heterocycles. The fourth-order valence-corrected chi connectivity index (χ4v) is 2.79. The van der Waals surface area contributed by atoms with Crippen LogP contribution < -0.4 is 11.3 Å². The second-order valence-electron chi connectivity index (χ2n) is 4.73. The van der Waals surface area contributed by atoms with E-state index in [1.165, 1.54) is 0 Å². The summed E-state index contributed by atoms with van der Waals surface area (Å²) in [6.07, 6.45) is 1.79. The van der Waals surface area contributed by atoms with Gasteiger partial charge < -0.3 is 0 Å². The second kappa shape index (κ2) is 6.12. The number of hydrogen-bond donors (Lipinski definition) is 2. The third kappa shape index (κ3) is 2.94. The summed E-state index contributed by atoms with van der Waals surface area (Å²) in [5.41, 5.74) is 5.89. The zero-order valence-corrected chi connectivity index (χ0v) is 13.4. The van der Waals surface area contributed by atoms with E-state index >= 15 is 0 Å². The van der Waals surface area contributed by atoms with Crippen molar-refractivity contribution < 1.29 is 0 Å². The van der Waals surface area contributed by atoms with Crippen molar-refractivity contribution in [3.8, 4) is 0 Å². The number of nitrogens with one attached hydrogen (secondary N) is 1. The van der Waals surface area contributed by atoms with Gasteiger partial charge in [0.25, 0.3) is 0 Å². The first kappa shape index (κ1) is 14.5. The number of fused-ring (bicyclic) bond motifs is 1. The van der Waals surface area contributed by atoms with E-state index in [0.717, 1.165) is 26.5 Å². The van der Waals surface area contributed by atoms with Crippen molar-refractivity contribution in [2.75, 3.05) is 0 Å². The number of hydrazine groups is 1. The first-order chi connectivity index (χ1) is 10.2. The van der Waals surface area contributed by atoms with E-state index in [-0.39, 0.29) is 6.04 Å². The van der Waals surface area contributed by atoms with Gasteiger partial charge in [-0.25, -0.2) is 5.43 Å². The smallest absolute Gasteiger partial charge is 0.0710 e. The molecule has 0 fully saturated rings. The number of nitrogens with zero attached hydrogens (tertiary/aromatic N) is 1. The molecule has 1 unspecified atom stereocenters. The Hall–Kier alpha value is -1.46. The van der Waals surface area contributed by atoms with E-state index < -0.39 is 0 Å². The van der Waals surface area contributed by atoms with E-state index in [2.05, 4.69) is 32.4 Å². The lowest BCUT2D eigenvalue weighted by Crippen LogP contribution is -2.28. The van der Waals surface area contributed by atoms with Crippen LogP contribution in [0.15, 0.2) is 59.2 Å². The van der Waals surface area contributed by atoms with Crippen LogP contribution in [-0.4, -0.2) is 4.98 Å². The summed E-state index contributed by atoms with van der Waals surface area (Å²) < 4.78 is 0.867. The lowest BCUT2D eigenvalue weighted by atomic mass is 9.98. The van der Waals surface area contributed by atoms with Gasteiger partial charge in [0.1, 0.15) is 0 Å². The molecule has 21 heavy (non-hydrogen) atoms. The lowest BCUT2D eigenvalue weighted by Gasteiger charge is -2.18. The molecule has 2 aromatic carbocycles. The Bertz CT molecular complexity index is 791. The monoisotopic (exact) mass is 361 g/mol. The van der Waals surface area contributed by atoms with Crippen LogP contribution in [0, 0.1) is 0 Å². The molecule has 3 rings (SSSR count). The third-order valence-corrected chi connectivity index (χ3v) is 4.64. The van der Waals surface area contributed by atoms with Crippen LogP contribution in [0.2, 0.25) is 5.02 Å². The summed E-state index contributed by atoms with van der Waals surface area (Å²) >= 11 is 9.57. The van der Waals surface area contributed by atoms with Gasteiger partial charge in [-0.15, -0.1) is 0 Å². The topological polar surface area (TPSA) is 50.9 Å². The van der Waals surface area contributed by atoms with Crippen molar-refractivity contribution in [3.63, 3.8) is 0 Å². The van der Waals surface area contributed by atoms with Crippen LogP contribution in [0.5, 0.6) is 0 Å². The van der Waals surface area contributed by atoms with Gasteiger partial charge in [0, 0.05) is 16.1 Å². The van der Waals surface area contributed by atoms with Crippen molar-refractivity contribution in [3.05, 3.63) is 75.4 Å². The molecule has 0 aliphatic carbocycles. The summed E-state index contributed by atoms with van der Waals surface area (Å²) in [7, 11) is 0. The van der Waals surface area contributed by atoms with Crippen molar-refractivity contribution in [1.29, 1.82) is 0 Å². The molecule has 0 amide bonds. The zero-order chi connectivity index (χ0) is 14.8. The number of aromatic nitrogens is 1. The summed E-state index contributed by atoms with van der Waals surface area (Å²) in [6, 6.07) is 15.8. The van der Waals surface area contributed by atoms with E-state index in [9.17, 15) is 0 Å². The summed E-state index contributed by atoms with van der Waals surface area (Å²) in [4.78, 5) is 4.33. The number of benzene rings is 2. The molecule has 0 aliphatic heterocycles. The van der Waals surface area contributed by atoms with Gasteiger partial charge in [-0.3, -0.25) is 10.8 Å². The average Bonchev–Trinajstić information content (AvgIpc) is 2.51. The van der Waals surface area contributed by atoms with Crippen LogP contribution >= 0.6 is 27.5 Å². The first-order valence-corrected chi connectivity index (χ1v) is 7.62. The van der Waals surface area contributed by atoms with Crippen molar-refractivity contribution >= 4 is 38.4 Å². The Kier molecular flexibility index (Phi) is 4.22. The van der Waals surface area contributed by atoms with Crippen molar-refractivity contribution in [2.24, 2.45) is 5.84 Å². The van der Waals surface area contributed by atoms with Crippen molar-refractivity contribution in [1.82, 2.24) is 10.4 Å². The van der Waals surface area contributed by atoms with E-state index in [0.29, 0.717) is 5.02 Å². The third-order valence-electron chi connectivity index (χ3n) is 3.40. The molecule has 106 valence electrons. The van der Waals surface area contributed by atoms with Crippen LogP contribution in [0.4, 0.5) is 0 Å². The van der Waals surface area contributed by atoms with Gasteiger partial charge in [0.2, 0.25) is 0 Å². The Morgan fingerprint density at radius 1 is 1.10 bits per heavy atom. The maximum Gasteiger partial charge on any atom is 0.0710 e. The summed E-state index contributed by atoms with van der Waals surface area (Å²) in [6.45, 7) is 0. The Morgan fingerprint density at radius 2 is 1.86 bits per heavy atom. The highest BCUT2D eigenvalue weighted by Gasteiger charge is 2.14. The molecule has 1 atom stereocenters. The van der Waals surface area contributed by atoms with Crippen LogP contribution in [-0.2, 0) is 0 Å². The highest BCUT2D eigenvalue weighted by molar-refractivity contribution is 9.10. The molecule has 5 heteroatoms. The van der Waals surface area contributed by atoms with E-state index in [1.807, 2.05) is 42.5 Å². The van der Waals surface area contributed by atoms with Crippen LogP contribution in [0.25, 0.3) is 10.9 Å². The molecule has 1 aromatic heterocycles. The number of pyridine rings is 1. The quantitative estimate of drug-likeness (QED) is 0.542. The minimum absolute atomic E-state index is 0.125. The second-order valence-corrected chi connectivity index (χ2v) is 5.99. The zero-order valence-electron chi connectivity index (χ0n) is 11.1. The average molecular weight is 363 g/mol. The largest absolute Gasteiger partial charge is 0.271 e. The van der Waals surface area contributed by atoms with Gasteiger partial charge in [-0.05, 0) is 57.4 Å². The Balaban J connectivity index is 2.06. The number of rotatable bonds is 3. The standard InChI is InChI=1S/C16H13BrClN3/c17-13-5-3-12(9-14(13)18)16(21-19)11-4-6-15-10(8-11)2-1-7-20-15/h1-9,16,21H,19H2. The summed E-state index contributed by atoms with van der Waals surface area (Å²) in [5, 5.41) is 1.74. The number of nitrogens with two attached hydrogens (primary N) is 1. The van der Waals surface area contributed by atoms with E-state index in [4.69, 9.17) is 17.4 Å². The van der Waals surface area contributed by atoms with Gasteiger partial charge in [-0.2, -0.15) is 0 Å². The molecule has 0 bridgehead atoms. The van der Waals surface area contributed by atoms with Crippen LogP contribution in [0.3, 0.4) is 0 Å². The Morgan fingerprint density at radius 3 is 2.62 bits per heavy atom. The molecular weight excluding hydrogens is 350 g/mol. The van der Waals surface area contributed by atoms with Crippen molar-refractivity contribution in [2.45, 2.75) is 6.04 Å². The minimum Gasteiger partial charge on any atom is -0.271 e. The molecular formula is C16H13BrClN3. The fraction of sp³-hybridized carbons (Fsp3) is 0.0625.